The number of nitrogens with zero attached hydrogens (tertiary/aromatic N) is 2. The van der Waals surface area contributed by atoms with Gasteiger partial charge in [-0.1, -0.05) is 31.4 Å². The van der Waals surface area contributed by atoms with Crippen molar-refractivity contribution in [2.45, 2.75) is 63.3 Å². The minimum atomic E-state index is -3.55. The number of fused-ring (bicyclic) bond motifs is 1. The van der Waals surface area contributed by atoms with E-state index in [0.29, 0.717) is 29.1 Å². The first-order chi connectivity index (χ1) is 13.4. The molecule has 2 amide bonds. The SMILES string of the molecule is Cc1ccc(CN2C(=O)[C@@H]3CCCC[C@H]3C2=O)cc1S(=O)(=O)N1CCCCC1. The summed E-state index contributed by atoms with van der Waals surface area (Å²) in [6, 6.07) is 5.26. The van der Waals surface area contributed by atoms with E-state index in [-0.39, 0.29) is 30.2 Å². The molecule has 1 aliphatic carbocycles. The summed E-state index contributed by atoms with van der Waals surface area (Å²) in [4.78, 5) is 27.1. The Morgan fingerprint density at radius 3 is 2.14 bits per heavy atom. The molecule has 6 nitrogen and oxygen atoms in total. The zero-order valence-corrected chi connectivity index (χ0v) is 17.2. The van der Waals surface area contributed by atoms with Crippen molar-refractivity contribution in [3.8, 4) is 0 Å². The fourth-order valence-electron chi connectivity index (χ4n) is 4.83. The van der Waals surface area contributed by atoms with Crippen molar-refractivity contribution in [2.24, 2.45) is 11.8 Å². The number of likely N-dealkylation sites (tertiary alicyclic amines) is 1. The first kappa shape index (κ1) is 19.6. The molecule has 2 aliphatic heterocycles. The number of benzene rings is 1. The maximum absolute atomic E-state index is 13.1. The predicted molar refractivity (Wildman–Crippen MR) is 105 cm³/mol. The van der Waals surface area contributed by atoms with Gasteiger partial charge in [-0.25, -0.2) is 8.42 Å². The Morgan fingerprint density at radius 2 is 1.54 bits per heavy atom. The highest BCUT2D eigenvalue weighted by Gasteiger charge is 2.47. The van der Waals surface area contributed by atoms with Crippen LogP contribution in [0.15, 0.2) is 23.1 Å². The lowest BCUT2D eigenvalue weighted by atomic mass is 9.81. The second-order valence-electron chi connectivity index (χ2n) is 8.32. The molecule has 1 saturated carbocycles. The molecule has 2 atom stereocenters. The van der Waals surface area contributed by atoms with Crippen LogP contribution in [-0.4, -0.2) is 42.5 Å². The zero-order valence-electron chi connectivity index (χ0n) is 16.4. The van der Waals surface area contributed by atoms with Gasteiger partial charge in [-0.15, -0.1) is 0 Å². The highest BCUT2D eigenvalue weighted by Crippen LogP contribution is 2.38. The number of carbonyl (C=O) groups excluding carboxylic acids is 2. The van der Waals surface area contributed by atoms with Crippen molar-refractivity contribution in [1.29, 1.82) is 0 Å². The van der Waals surface area contributed by atoms with Crippen molar-refractivity contribution in [2.75, 3.05) is 13.1 Å². The molecule has 28 heavy (non-hydrogen) atoms. The monoisotopic (exact) mass is 404 g/mol. The molecule has 0 aromatic heterocycles. The van der Waals surface area contributed by atoms with E-state index < -0.39 is 10.0 Å². The Hall–Kier alpha value is -1.73. The molecule has 0 radical (unpaired) electrons. The summed E-state index contributed by atoms with van der Waals surface area (Å²) < 4.78 is 27.8. The molecule has 1 aromatic carbocycles. The second-order valence-corrected chi connectivity index (χ2v) is 10.2. The fraction of sp³-hybridized carbons (Fsp3) is 0.619. The number of hydrogen-bond acceptors (Lipinski definition) is 4. The third-order valence-electron chi connectivity index (χ3n) is 6.46. The third-order valence-corrected chi connectivity index (χ3v) is 8.50. The van der Waals surface area contributed by atoms with E-state index in [1.165, 1.54) is 4.90 Å². The van der Waals surface area contributed by atoms with Crippen LogP contribution in [0.5, 0.6) is 0 Å². The van der Waals surface area contributed by atoms with E-state index in [0.717, 1.165) is 44.9 Å². The summed E-state index contributed by atoms with van der Waals surface area (Å²) in [6.45, 7) is 3.06. The van der Waals surface area contributed by atoms with Crippen LogP contribution in [-0.2, 0) is 26.2 Å². The van der Waals surface area contributed by atoms with Gasteiger partial charge in [0, 0.05) is 13.1 Å². The number of aryl methyl sites for hydroxylation is 1. The highest BCUT2D eigenvalue weighted by molar-refractivity contribution is 7.89. The van der Waals surface area contributed by atoms with Gasteiger partial charge in [0.1, 0.15) is 0 Å². The van der Waals surface area contributed by atoms with Crippen LogP contribution in [0.2, 0.25) is 0 Å². The molecule has 152 valence electrons. The summed E-state index contributed by atoms with van der Waals surface area (Å²) in [5.74, 6) is -0.530. The number of imide groups is 1. The molecule has 0 N–H and O–H groups in total. The van der Waals surface area contributed by atoms with Crippen LogP contribution < -0.4 is 0 Å². The molecule has 0 bridgehead atoms. The molecular weight excluding hydrogens is 376 g/mol. The van der Waals surface area contributed by atoms with Crippen LogP contribution in [0, 0.1) is 18.8 Å². The Labute approximate surface area is 166 Å². The van der Waals surface area contributed by atoms with E-state index >= 15 is 0 Å². The molecule has 0 spiro atoms. The van der Waals surface area contributed by atoms with Gasteiger partial charge >= 0.3 is 0 Å². The predicted octanol–water partition coefficient (Wildman–Crippen LogP) is 2.84. The lowest BCUT2D eigenvalue weighted by Crippen LogP contribution is -2.36. The van der Waals surface area contributed by atoms with Crippen molar-refractivity contribution in [1.82, 2.24) is 9.21 Å². The van der Waals surface area contributed by atoms with E-state index in [9.17, 15) is 18.0 Å². The third kappa shape index (κ3) is 3.39. The summed E-state index contributed by atoms with van der Waals surface area (Å²) in [5.41, 5.74) is 1.39. The lowest BCUT2D eigenvalue weighted by Gasteiger charge is -2.27. The van der Waals surface area contributed by atoms with Crippen molar-refractivity contribution in [3.05, 3.63) is 29.3 Å². The summed E-state index contributed by atoms with van der Waals surface area (Å²) >= 11 is 0. The van der Waals surface area contributed by atoms with Crippen LogP contribution in [0.1, 0.15) is 56.1 Å². The van der Waals surface area contributed by atoms with Gasteiger partial charge in [0.15, 0.2) is 0 Å². The van der Waals surface area contributed by atoms with Gasteiger partial charge in [0.2, 0.25) is 21.8 Å². The van der Waals surface area contributed by atoms with Gasteiger partial charge in [-0.05, 0) is 49.8 Å². The lowest BCUT2D eigenvalue weighted by molar-refractivity contribution is -0.140. The van der Waals surface area contributed by atoms with Crippen LogP contribution >= 0.6 is 0 Å². The van der Waals surface area contributed by atoms with Gasteiger partial charge < -0.3 is 0 Å². The molecule has 0 unspecified atom stereocenters. The van der Waals surface area contributed by atoms with Crippen molar-refractivity contribution < 1.29 is 18.0 Å². The Balaban J connectivity index is 1.59. The Kier molecular flexibility index (Phi) is 5.31. The second kappa shape index (κ2) is 7.59. The zero-order chi connectivity index (χ0) is 19.9. The minimum Gasteiger partial charge on any atom is -0.278 e. The number of amides is 2. The van der Waals surface area contributed by atoms with Crippen molar-refractivity contribution >= 4 is 21.8 Å². The van der Waals surface area contributed by atoms with Gasteiger partial charge in [0.05, 0.1) is 23.3 Å². The number of hydrogen-bond donors (Lipinski definition) is 0. The van der Waals surface area contributed by atoms with Gasteiger partial charge in [-0.2, -0.15) is 4.31 Å². The highest BCUT2D eigenvalue weighted by atomic mass is 32.2. The standard InChI is InChI=1S/C21H28N2O4S/c1-15-9-10-16(13-19(15)28(26,27)22-11-5-2-6-12-22)14-23-20(24)17-7-3-4-8-18(17)21(23)25/h9-10,13,17-18H,2-8,11-12,14H2,1H3/t17-,18-/m1/s1. The largest absolute Gasteiger partial charge is 0.278 e. The molecule has 3 fully saturated rings. The Morgan fingerprint density at radius 1 is 0.929 bits per heavy atom. The fourth-order valence-corrected chi connectivity index (χ4v) is 6.63. The quantitative estimate of drug-likeness (QED) is 0.723. The maximum Gasteiger partial charge on any atom is 0.243 e. The molecule has 4 rings (SSSR count). The molecule has 7 heteroatoms. The molecular formula is C21H28N2O4S. The smallest absolute Gasteiger partial charge is 0.243 e. The first-order valence-electron chi connectivity index (χ1n) is 10.3. The normalized spacial score (nSPS) is 26.5. The average Bonchev–Trinajstić information content (AvgIpc) is 2.95. The molecule has 3 aliphatic rings. The number of piperidine rings is 1. The van der Waals surface area contributed by atoms with E-state index in [1.54, 1.807) is 23.4 Å². The van der Waals surface area contributed by atoms with E-state index in [2.05, 4.69) is 0 Å². The number of sulfonamides is 1. The summed E-state index contributed by atoms with van der Waals surface area (Å²) in [6.07, 6.45) is 6.40. The number of rotatable bonds is 4. The van der Waals surface area contributed by atoms with Gasteiger partial charge in [0.25, 0.3) is 0 Å². The maximum atomic E-state index is 13.1. The molecule has 1 aromatic rings. The summed E-state index contributed by atoms with van der Waals surface area (Å²) in [7, 11) is -3.55. The van der Waals surface area contributed by atoms with Crippen LogP contribution in [0.25, 0.3) is 0 Å². The van der Waals surface area contributed by atoms with Crippen LogP contribution in [0.4, 0.5) is 0 Å². The summed E-state index contributed by atoms with van der Waals surface area (Å²) in [5, 5.41) is 0. The van der Waals surface area contributed by atoms with Gasteiger partial charge in [-0.3, -0.25) is 14.5 Å². The average molecular weight is 405 g/mol. The van der Waals surface area contributed by atoms with Crippen LogP contribution in [0.3, 0.4) is 0 Å². The Bertz CT molecular complexity index is 866. The minimum absolute atomic E-state index is 0.0873. The van der Waals surface area contributed by atoms with E-state index in [4.69, 9.17) is 0 Å². The van der Waals surface area contributed by atoms with E-state index in [1.807, 2.05) is 6.07 Å². The topological polar surface area (TPSA) is 74.8 Å². The number of carbonyl (C=O) groups is 2. The molecule has 2 heterocycles. The van der Waals surface area contributed by atoms with Crippen molar-refractivity contribution in [3.63, 3.8) is 0 Å². The first-order valence-corrected chi connectivity index (χ1v) is 11.8. The molecule has 2 saturated heterocycles.